The fourth-order valence-electron chi connectivity index (χ4n) is 0.722. The zero-order valence-electron chi connectivity index (χ0n) is 5.73. The van der Waals surface area contributed by atoms with Crippen molar-refractivity contribution in [1.82, 2.24) is 0 Å². The maximum absolute atomic E-state index is 9.12. The molecule has 0 spiro atoms. The standard InChI is InChI=1S/C7H8N2O2/c8-9-4-5-1-2-6(10)3-7(5)11/h1-4,10-11H,8H2/b9-4+. The number of hydrogen-bond donors (Lipinski definition) is 3. The van der Waals surface area contributed by atoms with E-state index >= 15 is 0 Å². The predicted octanol–water partition coefficient (Wildman–Crippen LogP) is 0.390. The van der Waals surface area contributed by atoms with Gasteiger partial charge < -0.3 is 16.1 Å². The van der Waals surface area contributed by atoms with Crippen LogP contribution in [0.4, 0.5) is 0 Å². The van der Waals surface area contributed by atoms with Crippen LogP contribution in [0.5, 0.6) is 11.5 Å². The summed E-state index contributed by atoms with van der Waals surface area (Å²) in [5.74, 6) is 4.83. The van der Waals surface area contributed by atoms with E-state index in [9.17, 15) is 0 Å². The Balaban J connectivity index is 3.09. The van der Waals surface area contributed by atoms with Crippen LogP contribution in [-0.4, -0.2) is 16.4 Å². The number of nitrogens with two attached hydrogens (primary N) is 1. The number of hydrazone groups is 1. The van der Waals surface area contributed by atoms with Gasteiger partial charge in [0.15, 0.2) is 0 Å². The maximum Gasteiger partial charge on any atom is 0.128 e. The Morgan fingerprint density at radius 1 is 1.36 bits per heavy atom. The number of phenols is 2. The summed E-state index contributed by atoms with van der Waals surface area (Å²) in [6.07, 6.45) is 1.30. The van der Waals surface area contributed by atoms with E-state index in [1.54, 1.807) is 0 Å². The first kappa shape index (κ1) is 7.40. The summed E-state index contributed by atoms with van der Waals surface area (Å²) in [7, 11) is 0. The van der Waals surface area contributed by atoms with Crippen LogP contribution in [0.1, 0.15) is 5.56 Å². The van der Waals surface area contributed by atoms with Gasteiger partial charge in [-0.15, -0.1) is 0 Å². The van der Waals surface area contributed by atoms with Crippen LogP contribution in [-0.2, 0) is 0 Å². The van der Waals surface area contributed by atoms with E-state index in [0.29, 0.717) is 5.56 Å². The Hall–Kier alpha value is -1.71. The lowest BCUT2D eigenvalue weighted by Gasteiger charge is -1.97. The molecule has 0 aliphatic carbocycles. The second kappa shape index (κ2) is 2.92. The van der Waals surface area contributed by atoms with Crippen molar-refractivity contribution < 1.29 is 10.2 Å². The van der Waals surface area contributed by atoms with Crippen LogP contribution in [0.3, 0.4) is 0 Å². The third kappa shape index (κ3) is 1.61. The van der Waals surface area contributed by atoms with Gasteiger partial charge in [0.05, 0.1) is 6.21 Å². The van der Waals surface area contributed by atoms with Crippen LogP contribution in [0, 0.1) is 0 Å². The van der Waals surface area contributed by atoms with Crippen molar-refractivity contribution in [2.75, 3.05) is 0 Å². The molecule has 58 valence electrons. The Labute approximate surface area is 63.6 Å². The molecule has 0 amide bonds. The van der Waals surface area contributed by atoms with Crippen molar-refractivity contribution in [2.24, 2.45) is 10.9 Å². The van der Waals surface area contributed by atoms with Crippen LogP contribution >= 0.6 is 0 Å². The van der Waals surface area contributed by atoms with Gasteiger partial charge in [0.2, 0.25) is 0 Å². The minimum Gasteiger partial charge on any atom is -0.508 e. The first-order chi connectivity index (χ1) is 5.24. The lowest BCUT2D eigenvalue weighted by atomic mass is 10.2. The van der Waals surface area contributed by atoms with Crippen molar-refractivity contribution >= 4 is 6.21 Å². The molecule has 0 fully saturated rings. The lowest BCUT2D eigenvalue weighted by Crippen LogP contribution is -1.86. The number of phenolic OH excluding ortho intramolecular Hbond substituents is 2. The smallest absolute Gasteiger partial charge is 0.128 e. The second-order valence-corrected chi connectivity index (χ2v) is 2.02. The first-order valence-corrected chi connectivity index (χ1v) is 2.99. The topological polar surface area (TPSA) is 78.8 Å². The monoisotopic (exact) mass is 152 g/mol. The molecule has 0 bridgehead atoms. The molecule has 11 heavy (non-hydrogen) atoms. The molecule has 0 atom stereocenters. The van der Waals surface area contributed by atoms with Crippen molar-refractivity contribution in [3.8, 4) is 11.5 Å². The molecular formula is C7H8N2O2. The highest BCUT2D eigenvalue weighted by Crippen LogP contribution is 2.20. The molecule has 1 aromatic carbocycles. The van der Waals surface area contributed by atoms with E-state index < -0.39 is 0 Å². The zero-order valence-corrected chi connectivity index (χ0v) is 5.73. The van der Waals surface area contributed by atoms with Gasteiger partial charge in [-0.05, 0) is 12.1 Å². The van der Waals surface area contributed by atoms with E-state index in [1.165, 1.54) is 24.4 Å². The van der Waals surface area contributed by atoms with E-state index in [4.69, 9.17) is 16.1 Å². The van der Waals surface area contributed by atoms with Crippen LogP contribution in [0.15, 0.2) is 23.3 Å². The first-order valence-electron chi connectivity index (χ1n) is 2.99. The molecule has 0 unspecified atom stereocenters. The average molecular weight is 152 g/mol. The highest BCUT2D eigenvalue weighted by molar-refractivity contribution is 5.83. The largest absolute Gasteiger partial charge is 0.508 e. The highest BCUT2D eigenvalue weighted by Gasteiger charge is 1.97. The normalized spacial score (nSPS) is 10.5. The van der Waals surface area contributed by atoms with Gasteiger partial charge in [0.25, 0.3) is 0 Å². The summed E-state index contributed by atoms with van der Waals surface area (Å²) in [5.41, 5.74) is 0.477. The molecule has 4 heteroatoms. The number of benzene rings is 1. The molecule has 1 rings (SSSR count). The molecule has 0 radical (unpaired) electrons. The summed E-state index contributed by atoms with van der Waals surface area (Å²) >= 11 is 0. The van der Waals surface area contributed by atoms with Crippen molar-refractivity contribution in [3.05, 3.63) is 23.8 Å². The second-order valence-electron chi connectivity index (χ2n) is 2.02. The van der Waals surface area contributed by atoms with Crippen molar-refractivity contribution in [3.63, 3.8) is 0 Å². The Morgan fingerprint density at radius 2 is 2.09 bits per heavy atom. The fraction of sp³-hybridized carbons (Fsp3) is 0. The molecule has 0 aliphatic rings. The summed E-state index contributed by atoms with van der Waals surface area (Å²) in [5, 5.41) is 21.2. The summed E-state index contributed by atoms with van der Waals surface area (Å²) in [4.78, 5) is 0. The van der Waals surface area contributed by atoms with Crippen molar-refractivity contribution in [2.45, 2.75) is 0 Å². The molecule has 0 saturated heterocycles. The molecule has 0 heterocycles. The molecule has 0 saturated carbocycles. The summed E-state index contributed by atoms with van der Waals surface area (Å²) in [6, 6.07) is 4.18. The van der Waals surface area contributed by atoms with Gasteiger partial charge in [-0.25, -0.2) is 0 Å². The van der Waals surface area contributed by atoms with Gasteiger partial charge in [0, 0.05) is 11.6 Å². The SMILES string of the molecule is N/N=C/c1ccc(O)cc1O. The average Bonchev–Trinajstić information content (AvgIpc) is 1.95. The van der Waals surface area contributed by atoms with Gasteiger partial charge in [-0.1, -0.05) is 0 Å². The lowest BCUT2D eigenvalue weighted by molar-refractivity contribution is 0.450. The van der Waals surface area contributed by atoms with E-state index in [2.05, 4.69) is 5.10 Å². The quantitative estimate of drug-likeness (QED) is 0.309. The van der Waals surface area contributed by atoms with Crippen molar-refractivity contribution in [1.29, 1.82) is 0 Å². The Bertz CT molecular complexity index is 284. The fourth-order valence-corrected chi connectivity index (χ4v) is 0.722. The number of aromatic hydroxyl groups is 2. The molecule has 1 aromatic rings. The maximum atomic E-state index is 9.12. The van der Waals surface area contributed by atoms with Gasteiger partial charge in [-0.2, -0.15) is 5.10 Å². The molecule has 4 N–H and O–H groups in total. The Kier molecular flexibility index (Phi) is 1.96. The Morgan fingerprint density at radius 3 is 2.64 bits per heavy atom. The molecule has 0 aliphatic heterocycles. The third-order valence-corrected chi connectivity index (χ3v) is 1.23. The minimum absolute atomic E-state index is 0.0108. The summed E-state index contributed by atoms with van der Waals surface area (Å²) in [6.45, 7) is 0. The number of nitrogens with zero attached hydrogens (tertiary/aromatic N) is 1. The molecular weight excluding hydrogens is 144 g/mol. The van der Waals surface area contributed by atoms with Gasteiger partial charge >= 0.3 is 0 Å². The van der Waals surface area contributed by atoms with E-state index in [1.807, 2.05) is 0 Å². The van der Waals surface area contributed by atoms with Crippen LogP contribution < -0.4 is 5.84 Å². The summed E-state index contributed by atoms with van der Waals surface area (Å²) < 4.78 is 0. The number of rotatable bonds is 1. The van der Waals surface area contributed by atoms with E-state index in [-0.39, 0.29) is 11.5 Å². The van der Waals surface area contributed by atoms with Gasteiger partial charge in [-0.3, -0.25) is 0 Å². The van der Waals surface area contributed by atoms with E-state index in [0.717, 1.165) is 0 Å². The molecule has 4 nitrogen and oxygen atoms in total. The zero-order chi connectivity index (χ0) is 8.27. The third-order valence-electron chi connectivity index (χ3n) is 1.23. The number of hydrogen-bond acceptors (Lipinski definition) is 4. The van der Waals surface area contributed by atoms with Gasteiger partial charge in [0.1, 0.15) is 11.5 Å². The van der Waals surface area contributed by atoms with Crippen LogP contribution in [0.2, 0.25) is 0 Å². The predicted molar refractivity (Wildman–Crippen MR) is 41.6 cm³/mol. The minimum atomic E-state index is -0.0424. The van der Waals surface area contributed by atoms with Crippen LogP contribution in [0.25, 0.3) is 0 Å². The molecule has 0 aromatic heterocycles. The highest BCUT2D eigenvalue weighted by atomic mass is 16.3.